The molecule has 1 aliphatic rings. The summed E-state index contributed by atoms with van der Waals surface area (Å²) in [6.07, 6.45) is 0. The van der Waals surface area contributed by atoms with Gasteiger partial charge in [0.2, 0.25) is 5.78 Å². The molecule has 5 rings (SSSR count). The van der Waals surface area contributed by atoms with Crippen molar-refractivity contribution in [2.75, 3.05) is 11.9 Å². The number of hydrogen-bond acceptors (Lipinski definition) is 8. The Hall–Kier alpha value is -5.25. The highest BCUT2D eigenvalue weighted by molar-refractivity contribution is 6.45. The molecule has 10 heteroatoms. The van der Waals surface area contributed by atoms with E-state index in [0.29, 0.717) is 5.69 Å². The number of nitrogens with zero attached hydrogens (tertiary/aromatic N) is 1. The molecule has 3 aromatic carbocycles. The topological polar surface area (TPSA) is 152 Å². The molecule has 4 aromatic rings. The van der Waals surface area contributed by atoms with Gasteiger partial charge in [0.1, 0.15) is 5.69 Å². The molecule has 0 saturated carbocycles. The van der Waals surface area contributed by atoms with E-state index in [1.54, 1.807) is 42.5 Å². The van der Waals surface area contributed by atoms with E-state index < -0.39 is 40.6 Å². The van der Waals surface area contributed by atoms with Gasteiger partial charge < -0.3 is 15.0 Å². The van der Waals surface area contributed by atoms with Gasteiger partial charge in [0, 0.05) is 22.4 Å². The second-order valence-corrected chi connectivity index (χ2v) is 8.91. The highest BCUT2D eigenvalue weighted by Gasteiger charge is 2.39. The van der Waals surface area contributed by atoms with Crippen molar-refractivity contribution in [3.63, 3.8) is 0 Å². The number of fused-ring (bicyclic) bond motifs is 4. The Morgan fingerprint density at radius 3 is 2.23 bits per heavy atom. The number of rotatable bonds is 6. The van der Waals surface area contributed by atoms with Gasteiger partial charge in [-0.2, -0.15) is 0 Å². The number of aromatic nitrogens is 2. The molecule has 0 spiro atoms. The molecule has 2 N–H and O–H groups in total. The fourth-order valence-corrected chi connectivity index (χ4v) is 4.48. The number of benzene rings is 3. The number of carbonyl (C=O) groups excluding carboxylic acids is 5. The van der Waals surface area contributed by atoms with Crippen LogP contribution in [0, 0.1) is 6.92 Å². The Labute approximate surface area is 221 Å². The SMILES string of the molecule is CCOC(=O)[C@H](C(=O)C(=O)Nc1ccc(C)cc1)c1nc2ccc3c(c2[nH]c1=O)C(=O)c1ccccc1C3=O. The molecule has 39 heavy (non-hydrogen) atoms. The third-order valence-electron chi connectivity index (χ3n) is 6.37. The van der Waals surface area contributed by atoms with Crippen molar-refractivity contribution in [3.8, 4) is 0 Å². The number of hydrogen-bond donors (Lipinski definition) is 2. The quantitative estimate of drug-likeness (QED) is 0.196. The number of aryl methyl sites for hydroxylation is 1. The van der Waals surface area contributed by atoms with E-state index >= 15 is 0 Å². The molecule has 0 radical (unpaired) electrons. The van der Waals surface area contributed by atoms with Gasteiger partial charge >= 0.3 is 5.97 Å². The zero-order valence-corrected chi connectivity index (χ0v) is 20.9. The van der Waals surface area contributed by atoms with Gasteiger partial charge in [0.25, 0.3) is 11.5 Å². The fraction of sp³-hybridized carbons (Fsp3) is 0.138. The number of aromatic amines is 1. The molecule has 1 aliphatic carbocycles. The van der Waals surface area contributed by atoms with Crippen LogP contribution in [0.4, 0.5) is 5.69 Å². The smallest absolute Gasteiger partial charge is 0.323 e. The van der Waals surface area contributed by atoms with Crippen LogP contribution in [0.2, 0.25) is 0 Å². The van der Waals surface area contributed by atoms with Crippen LogP contribution >= 0.6 is 0 Å². The summed E-state index contributed by atoms with van der Waals surface area (Å²) in [7, 11) is 0. The molecule has 194 valence electrons. The average Bonchev–Trinajstić information content (AvgIpc) is 2.93. The minimum Gasteiger partial charge on any atom is -0.465 e. The van der Waals surface area contributed by atoms with Crippen LogP contribution in [0.1, 0.15) is 55.9 Å². The molecule has 0 saturated heterocycles. The summed E-state index contributed by atoms with van der Waals surface area (Å²) in [5.41, 5.74) is 0.199. The van der Waals surface area contributed by atoms with E-state index in [-0.39, 0.29) is 45.7 Å². The van der Waals surface area contributed by atoms with E-state index in [4.69, 9.17) is 4.74 Å². The van der Waals surface area contributed by atoms with Crippen LogP contribution in [0.15, 0.2) is 65.5 Å². The first-order valence-corrected chi connectivity index (χ1v) is 12.0. The Morgan fingerprint density at radius 1 is 0.897 bits per heavy atom. The van der Waals surface area contributed by atoms with E-state index in [2.05, 4.69) is 15.3 Å². The number of nitrogens with one attached hydrogen (secondary N) is 2. The van der Waals surface area contributed by atoms with Crippen molar-refractivity contribution in [2.24, 2.45) is 0 Å². The highest BCUT2D eigenvalue weighted by Crippen LogP contribution is 2.31. The van der Waals surface area contributed by atoms with Gasteiger partial charge in [-0.25, -0.2) is 4.98 Å². The lowest BCUT2D eigenvalue weighted by atomic mass is 9.83. The van der Waals surface area contributed by atoms with Gasteiger partial charge in [-0.3, -0.25) is 28.8 Å². The second kappa shape index (κ2) is 9.90. The van der Waals surface area contributed by atoms with Crippen molar-refractivity contribution in [3.05, 3.63) is 105 Å². The number of amides is 1. The predicted molar refractivity (Wildman–Crippen MR) is 140 cm³/mol. The first-order valence-electron chi connectivity index (χ1n) is 12.0. The number of ether oxygens (including phenoxy) is 1. The zero-order chi connectivity index (χ0) is 27.8. The largest absolute Gasteiger partial charge is 0.465 e. The summed E-state index contributed by atoms with van der Waals surface area (Å²) in [5, 5.41) is 2.42. The molecule has 0 aliphatic heterocycles. The minimum absolute atomic E-state index is 0.0201. The monoisotopic (exact) mass is 523 g/mol. The number of esters is 1. The van der Waals surface area contributed by atoms with Gasteiger partial charge in [-0.15, -0.1) is 0 Å². The van der Waals surface area contributed by atoms with Crippen molar-refractivity contribution in [2.45, 2.75) is 19.8 Å². The number of ketones is 3. The predicted octanol–water partition coefficient (Wildman–Crippen LogP) is 2.86. The number of anilines is 1. The van der Waals surface area contributed by atoms with Crippen LogP contribution in [0.25, 0.3) is 11.0 Å². The maximum Gasteiger partial charge on any atom is 0.323 e. The standard InChI is InChI=1S/C29H21N3O7/c1-3-39-29(38)21(26(35)28(37)30-15-10-8-14(2)9-11-15)23-27(36)32-22-19(31-23)13-12-18-20(22)25(34)17-7-5-4-6-16(17)24(18)33/h4-13,21H,3H2,1-2H3,(H,30,37)(H,32,36)/t21-/m0/s1. The van der Waals surface area contributed by atoms with Crippen LogP contribution in [0.5, 0.6) is 0 Å². The lowest BCUT2D eigenvalue weighted by Crippen LogP contribution is -2.37. The van der Waals surface area contributed by atoms with E-state index in [1.165, 1.54) is 25.1 Å². The summed E-state index contributed by atoms with van der Waals surface area (Å²) in [6.45, 7) is 3.25. The normalized spacial score (nSPS) is 12.9. The van der Waals surface area contributed by atoms with Gasteiger partial charge in [-0.05, 0) is 38.1 Å². The maximum absolute atomic E-state index is 13.3. The van der Waals surface area contributed by atoms with Crippen LogP contribution < -0.4 is 10.9 Å². The number of carbonyl (C=O) groups is 5. The van der Waals surface area contributed by atoms with Crippen LogP contribution in [-0.2, 0) is 19.1 Å². The van der Waals surface area contributed by atoms with Crippen molar-refractivity contribution in [1.29, 1.82) is 0 Å². The molecule has 0 fully saturated rings. The lowest BCUT2D eigenvalue weighted by Gasteiger charge is -2.19. The van der Waals surface area contributed by atoms with Crippen molar-refractivity contribution in [1.82, 2.24) is 9.97 Å². The van der Waals surface area contributed by atoms with E-state index in [9.17, 15) is 28.8 Å². The van der Waals surface area contributed by atoms with Gasteiger partial charge in [-0.1, -0.05) is 42.0 Å². The third-order valence-corrected chi connectivity index (χ3v) is 6.37. The molecule has 10 nitrogen and oxygen atoms in total. The lowest BCUT2D eigenvalue weighted by molar-refractivity contribution is -0.150. The third kappa shape index (κ3) is 4.42. The summed E-state index contributed by atoms with van der Waals surface area (Å²) in [4.78, 5) is 85.1. The minimum atomic E-state index is -1.96. The molecular formula is C29H21N3O7. The molecule has 1 amide bonds. The van der Waals surface area contributed by atoms with Gasteiger partial charge in [0.05, 0.1) is 23.2 Å². The first-order chi connectivity index (χ1) is 18.7. The summed E-state index contributed by atoms with van der Waals surface area (Å²) >= 11 is 0. The highest BCUT2D eigenvalue weighted by atomic mass is 16.5. The summed E-state index contributed by atoms with van der Waals surface area (Å²) < 4.78 is 4.99. The molecule has 0 unspecified atom stereocenters. The Morgan fingerprint density at radius 2 is 1.56 bits per heavy atom. The van der Waals surface area contributed by atoms with Crippen LogP contribution in [-0.4, -0.2) is 45.8 Å². The van der Waals surface area contributed by atoms with Crippen molar-refractivity contribution >= 4 is 45.9 Å². The fourth-order valence-electron chi connectivity index (χ4n) is 4.48. The Kier molecular flexibility index (Phi) is 6.45. The van der Waals surface area contributed by atoms with Crippen molar-refractivity contribution < 1.29 is 28.7 Å². The number of H-pyrrole nitrogens is 1. The molecule has 1 atom stereocenters. The molecule has 1 heterocycles. The van der Waals surface area contributed by atoms with E-state index in [0.717, 1.165) is 5.56 Å². The summed E-state index contributed by atoms with van der Waals surface area (Å²) in [5.74, 6) is -6.34. The average molecular weight is 524 g/mol. The van der Waals surface area contributed by atoms with Crippen LogP contribution in [0.3, 0.4) is 0 Å². The Bertz CT molecular complexity index is 1770. The molecular weight excluding hydrogens is 502 g/mol. The Balaban J connectivity index is 1.59. The molecule has 0 bridgehead atoms. The summed E-state index contributed by atoms with van der Waals surface area (Å²) in [6, 6.07) is 15.7. The molecule has 1 aromatic heterocycles. The first kappa shape index (κ1) is 25.4. The van der Waals surface area contributed by atoms with Gasteiger partial charge in [0.15, 0.2) is 17.5 Å². The number of Topliss-reactive ketones (excluding diaryl/α,β-unsaturated/α-hetero) is 1. The second-order valence-electron chi connectivity index (χ2n) is 8.91. The zero-order valence-electron chi connectivity index (χ0n) is 20.9. The van der Waals surface area contributed by atoms with E-state index in [1.807, 2.05) is 6.92 Å². The maximum atomic E-state index is 13.3.